The zero-order chi connectivity index (χ0) is 17.4. The van der Waals surface area contributed by atoms with Crippen molar-refractivity contribution in [3.63, 3.8) is 0 Å². The standard InChI is InChI=1S/C20H23N3O2/c1-3-14(4-2)19(24)23-12-20(13-23)16-10-21-18(22-17(16)11-25-20)15-8-6-5-7-9-15/h5-10,14H,3-4,11-13H2,1-2H3. The molecule has 0 unspecified atom stereocenters. The minimum Gasteiger partial charge on any atom is -0.360 e. The molecule has 130 valence electrons. The van der Waals surface area contributed by atoms with Crippen molar-refractivity contribution in [2.24, 2.45) is 5.92 Å². The quantitative estimate of drug-likeness (QED) is 0.860. The van der Waals surface area contributed by atoms with Crippen molar-refractivity contribution in [2.75, 3.05) is 13.1 Å². The van der Waals surface area contributed by atoms with Gasteiger partial charge in [-0.15, -0.1) is 0 Å². The number of fused-ring (bicyclic) bond motifs is 2. The molecule has 4 rings (SSSR count). The first kappa shape index (κ1) is 16.2. The molecular formula is C20H23N3O2. The van der Waals surface area contributed by atoms with Gasteiger partial charge in [-0.05, 0) is 12.8 Å². The Morgan fingerprint density at radius 2 is 1.96 bits per heavy atom. The highest BCUT2D eigenvalue weighted by atomic mass is 16.5. The zero-order valence-corrected chi connectivity index (χ0v) is 14.7. The first-order valence-electron chi connectivity index (χ1n) is 9.01. The summed E-state index contributed by atoms with van der Waals surface area (Å²) in [6, 6.07) is 9.96. The van der Waals surface area contributed by atoms with Gasteiger partial charge in [0.05, 0.1) is 25.4 Å². The number of amides is 1. The van der Waals surface area contributed by atoms with E-state index < -0.39 is 5.60 Å². The molecule has 5 nitrogen and oxygen atoms in total. The number of benzene rings is 1. The van der Waals surface area contributed by atoms with E-state index in [-0.39, 0.29) is 11.8 Å². The molecule has 1 amide bonds. The average Bonchev–Trinajstić information content (AvgIpc) is 3.01. The number of likely N-dealkylation sites (tertiary alicyclic amines) is 1. The van der Waals surface area contributed by atoms with E-state index in [0.29, 0.717) is 19.7 Å². The van der Waals surface area contributed by atoms with Gasteiger partial charge in [0.15, 0.2) is 5.82 Å². The molecule has 0 saturated carbocycles. The van der Waals surface area contributed by atoms with Crippen LogP contribution in [0.15, 0.2) is 36.5 Å². The lowest BCUT2D eigenvalue weighted by Gasteiger charge is -2.48. The van der Waals surface area contributed by atoms with Crippen LogP contribution in [-0.4, -0.2) is 33.9 Å². The molecular weight excluding hydrogens is 314 g/mol. The van der Waals surface area contributed by atoms with Crippen molar-refractivity contribution >= 4 is 5.91 Å². The maximum atomic E-state index is 12.5. The number of aromatic nitrogens is 2. The van der Waals surface area contributed by atoms with Gasteiger partial charge in [0.2, 0.25) is 5.91 Å². The van der Waals surface area contributed by atoms with Crippen LogP contribution in [0.2, 0.25) is 0 Å². The second kappa shape index (κ2) is 6.23. The van der Waals surface area contributed by atoms with Crippen LogP contribution in [0.4, 0.5) is 0 Å². The van der Waals surface area contributed by atoms with Crippen LogP contribution in [0.5, 0.6) is 0 Å². The fraction of sp³-hybridized carbons (Fsp3) is 0.450. The molecule has 0 N–H and O–H groups in total. The van der Waals surface area contributed by atoms with Crippen molar-refractivity contribution in [3.8, 4) is 11.4 Å². The van der Waals surface area contributed by atoms with Gasteiger partial charge >= 0.3 is 0 Å². The molecule has 1 aromatic heterocycles. The second-order valence-corrected chi connectivity index (χ2v) is 6.91. The number of nitrogens with zero attached hydrogens (tertiary/aromatic N) is 3. The third-order valence-electron chi connectivity index (χ3n) is 5.41. The molecule has 2 aliphatic rings. The van der Waals surface area contributed by atoms with E-state index in [9.17, 15) is 4.79 Å². The van der Waals surface area contributed by atoms with Gasteiger partial charge in [-0.1, -0.05) is 44.2 Å². The molecule has 0 radical (unpaired) electrons. The molecule has 5 heteroatoms. The minimum absolute atomic E-state index is 0.120. The Morgan fingerprint density at radius 1 is 1.24 bits per heavy atom. The summed E-state index contributed by atoms with van der Waals surface area (Å²) in [4.78, 5) is 23.7. The Morgan fingerprint density at radius 3 is 2.64 bits per heavy atom. The predicted octanol–water partition coefficient (Wildman–Crippen LogP) is 3.15. The highest BCUT2D eigenvalue weighted by Crippen LogP contribution is 2.43. The summed E-state index contributed by atoms with van der Waals surface area (Å²) in [6.45, 7) is 5.86. The number of rotatable bonds is 4. The van der Waals surface area contributed by atoms with E-state index in [4.69, 9.17) is 9.72 Å². The maximum Gasteiger partial charge on any atom is 0.225 e. The fourth-order valence-electron chi connectivity index (χ4n) is 3.80. The van der Waals surface area contributed by atoms with Crippen LogP contribution in [0.25, 0.3) is 11.4 Å². The molecule has 1 spiro atoms. The number of carbonyl (C=O) groups excluding carboxylic acids is 1. The van der Waals surface area contributed by atoms with E-state index in [1.165, 1.54) is 0 Å². The number of carbonyl (C=O) groups is 1. The molecule has 3 heterocycles. The van der Waals surface area contributed by atoms with E-state index in [1.54, 1.807) is 0 Å². The summed E-state index contributed by atoms with van der Waals surface area (Å²) < 4.78 is 6.07. The van der Waals surface area contributed by atoms with Crippen molar-refractivity contribution in [3.05, 3.63) is 47.8 Å². The van der Waals surface area contributed by atoms with Crippen molar-refractivity contribution < 1.29 is 9.53 Å². The second-order valence-electron chi connectivity index (χ2n) is 6.91. The van der Waals surface area contributed by atoms with Gasteiger partial charge in [-0.3, -0.25) is 4.79 Å². The Kier molecular flexibility index (Phi) is 4.04. The topological polar surface area (TPSA) is 55.3 Å². The summed E-state index contributed by atoms with van der Waals surface area (Å²) in [5.74, 6) is 1.09. The summed E-state index contributed by atoms with van der Waals surface area (Å²) in [6.07, 6.45) is 3.66. The lowest BCUT2D eigenvalue weighted by molar-refractivity contribution is -0.172. The monoisotopic (exact) mass is 337 g/mol. The van der Waals surface area contributed by atoms with Crippen LogP contribution in [-0.2, 0) is 21.7 Å². The Labute approximate surface area is 148 Å². The Bertz CT molecular complexity index is 781. The van der Waals surface area contributed by atoms with Crippen LogP contribution >= 0.6 is 0 Å². The largest absolute Gasteiger partial charge is 0.360 e. The first-order valence-corrected chi connectivity index (χ1v) is 9.01. The molecule has 0 aliphatic carbocycles. The number of hydrogen-bond acceptors (Lipinski definition) is 4. The molecule has 1 saturated heterocycles. The smallest absolute Gasteiger partial charge is 0.225 e. The van der Waals surface area contributed by atoms with Crippen LogP contribution in [0.1, 0.15) is 37.9 Å². The summed E-state index contributed by atoms with van der Waals surface area (Å²) in [7, 11) is 0. The number of ether oxygens (including phenoxy) is 1. The molecule has 2 aromatic rings. The van der Waals surface area contributed by atoms with Crippen molar-refractivity contribution in [1.82, 2.24) is 14.9 Å². The van der Waals surface area contributed by atoms with Gasteiger partial charge in [0, 0.05) is 23.2 Å². The van der Waals surface area contributed by atoms with E-state index in [2.05, 4.69) is 18.8 Å². The van der Waals surface area contributed by atoms with Crippen molar-refractivity contribution in [2.45, 2.75) is 38.9 Å². The molecule has 2 aliphatic heterocycles. The van der Waals surface area contributed by atoms with Gasteiger partial charge < -0.3 is 9.64 Å². The maximum absolute atomic E-state index is 12.5. The average molecular weight is 337 g/mol. The third kappa shape index (κ3) is 2.63. The highest BCUT2D eigenvalue weighted by molar-refractivity contribution is 5.80. The van der Waals surface area contributed by atoms with Crippen LogP contribution < -0.4 is 0 Å². The van der Waals surface area contributed by atoms with Gasteiger partial charge in [-0.25, -0.2) is 9.97 Å². The predicted molar refractivity (Wildman–Crippen MR) is 94.6 cm³/mol. The van der Waals surface area contributed by atoms with E-state index >= 15 is 0 Å². The third-order valence-corrected chi connectivity index (χ3v) is 5.41. The summed E-state index contributed by atoms with van der Waals surface area (Å²) in [5, 5.41) is 0. The SMILES string of the molecule is CCC(CC)C(=O)N1CC2(C1)OCc1nc(-c3ccccc3)ncc12. The van der Waals surface area contributed by atoms with Crippen LogP contribution in [0, 0.1) is 5.92 Å². The van der Waals surface area contributed by atoms with E-state index in [0.717, 1.165) is 35.5 Å². The van der Waals surface area contributed by atoms with Crippen molar-refractivity contribution in [1.29, 1.82) is 0 Å². The normalized spacial score (nSPS) is 17.6. The van der Waals surface area contributed by atoms with Crippen LogP contribution in [0.3, 0.4) is 0 Å². The number of hydrogen-bond donors (Lipinski definition) is 0. The molecule has 1 aromatic carbocycles. The van der Waals surface area contributed by atoms with Gasteiger partial charge in [0.1, 0.15) is 5.60 Å². The Balaban J connectivity index is 1.53. The molecule has 25 heavy (non-hydrogen) atoms. The molecule has 1 fully saturated rings. The van der Waals surface area contributed by atoms with E-state index in [1.807, 2.05) is 41.4 Å². The minimum atomic E-state index is -0.397. The molecule has 0 bridgehead atoms. The highest BCUT2D eigenvalue weighted by Gasteiger charge is 2.53. The lowest BCUT2D eigenvalue weighted by atomic mass is 9.86. The Hall–Kier alpha value is -2.27. The molecule has 0 atom stereocenters. The zero-order valence-electron chi connectivity index (χ0n) is 14.7. The van der Waals surface area contributed by atoms with Gasteiger partial charge in [-0.2, -0.15) is 0 Å². The van der Waals surface area contributed by atoms with Gasteiger partial charge in [0.25, 0.3) is 0 Å². The lowest BCUT2D eigenvalue weighted by Crippen LogP contribution is -2.62. The fourth-order valence-corrected chi connectivity index (χ4v) is 3.80. The first-order chi connectivity index (χ1) is 12.2. The summed E-state index contributed by atoms with van der Waals surface area (Å²) in [5.41, 5.74) is 2.60. The summed E-state index contributed by atoms with van der Waals surface area (Å²) >= 11 is 0.